The van der Waals surface area contributed by atoms with E-state index in [1.807, 2.05) is 18.2 Å². The third kappa shape index (κ3) is 4.09. The number of hydrogen-bond acceptors (Lipinski definition) is 5. The van der Waals surface area contributed by atoms with E-state index in [0.29, 0.717) is 30.3 Å². The van der Waals surface area contributed by atoms with E-state index in [4.69, 9.17) is 0 Å². The molecule has 0 atom stereocenters. The summed E-state index contributed by atoms with van der Waals surface area (Å²) in [6.45, 7) is 2.86. The first-order valence-corrected chi connectivity index (χ1v) is 9.13. The highest BCUT2D eigenvalue weighted by atomic mass is 19.1. The van der Waals surface area contributed by atoms with Gasteiger partial charge in [-0.3, -0.25) is 4.79 Å². The Labute approximate surface area is 162 Å². The number of anilines is 3. The molecule has 2 heterocycles. The molecule has 0 saturated carbocycles. The average Bonchev–Trinajstić information content (AvgIpc) is 2.76. The van der Waals surface area contributed by atoms with Gasteiger partial charge in [-0.2, -0.15) is 0 Å². The molecule has 4 rings (SSSR count). The van der Waals surface area contributed by atoms with Gasteiger partial charge in [0.1, 0.15) is 17.3 Å². The maximum atomic E-state index is 13.0. The van der Waals surface area contributed by atoms with Crippen LogP contribution < -0.4 is 10.2 Å². The molecule has 1 aromatic heterocycles. The van der Waals surface area contributed by atoms with Crippen LogP contribution in [0.15, 0.2) is 67.0 Å². The second kappa shape index (κ2) is 8.04. The molecule has 0 spiro atoms. The number of para-hydroxylation sites is 1. The quantitative estimate of drug-likeness (QED) is 0.756. The Morgan fingerprint density at radius 2 is 1.61 bits per heavy atom. The molecule has 142 valence electrons. The van der Waals surface area contributed by atoms with Crippen LogP contribution in [0.1, 0.15) is 10.5 Å². The molecule has 0 radical (unpaired) electrons. The first kappa shape index (κ1) is 17.9. The summed E-state index contributed by atoms with van der Waals surface area (Å²) < 4.78 is 13.0. The van der Waals surface area contributed by atoms with Gasteiger partial charge in [0.05, 0.1) is 12.4 Å². The number of nitrogens with one attached hydrogen (secondary N) is 1. The van der Waals surface area contributed by atoms with E-state index < -0.39 is 0 Å². The molecule has 28 heavy (non-hydrogen) atoms. The van der Waals surface area contributed by atoms with Crippen LogP contribution in [0.2, 0.25) is 0 Å². The fourth-order valence-corrected chi connectivity index (χ4v) is 3.15. The Kier molecular flexibility index (Phi) is 5.14. The summed E-state index contributed by atoms with van der Waals surface area (Å²) >= 11 is 0. The third-order valence-corrected chi connectivity index (χ3v) is 4.68. The van der Waals surface area contributed by atoms with Crippen LogP contribution >= 0.6 is 0 Å². The van der Waals surface area contributed by atoms with Crippen LogP contribution in [0.3, 0.4) is 0 Å². The van der Waals surface area contributed by atoms with E-state index in [0.717, 1.165) is 13.1 Å². The van der Waals surface area contributed by atoms with Gasteiger partial charge < -0.3 is 15.1 Å². The zero-order valence-electron chi connectivity index (χ0n) is 15.3. The zero-order chi connectivity index (χ0) is 19.3. The predicted octanol–water partition coefficient (Wildman–Crippen LogP) is 3.32. The van der Waals surface area contributed by atoms with Gasteiger partial charge >= 0.3 is 0 Å². The lowest BCUT2D eigenvalue weighted by atomic mass is 10.2. The molecule has 0 unspecified atom stereocenters. The SMILES string of the molecule is O=C(c1cnc(Nc2ccc(F)cc2)cn1)N1CCN(c2ccccc2)CC1. The van der Waals surface area contributed by atoms with Crippen LogP contribution in [-0.2, 0) is 0 Å². The summed E-state index contributed by atoms with van der Waals surface area (Å²) in [6, 6.07) is 16.1. The van der Waals surface area contributed by atoms with Crippen molar-refractivity contribution in [2.75, 3.05) is 36.4 Å². The number of carbonyl (C=O) groups is 1. The number of amides is 1. The number of hydrogen-bond donors (Lipinski definition) is 1. The highest BCUT2D eigenvalue weighted by molar-refractivity contribution is 5.92. The van der Waals surface area contributed by atoms with E-state index in [-0.39, 0.29) is 11.7 Å². The summed E-state index contributed by atoms with van der Waals surface area (Å²) in [5.74, 6) is 0.0792. The highest BCUT2D eigenvalue weighted by Crippen LogP contribution is 2.17. The molecule has 1 amide bonds. The minimum absolute atomic E-state index is 0.117. The lowest BCUT2D eigenvalue weighted by molar-refractivity contribution is 0.0740. The van der Waals surface area contributed by atoms with Crippen molar-refractivity contribution in [2.24, 2.45) is 0 Å². The van der Waals surface area contributed by atoms with Crippen molar-refractivity contribution < 1.29 is 9.18 Å². The molecular formula is C21H20FN5O. The fourth-order valence-electron chi connectivity index (χ4n) is 3.15. The van der Waals surface area contributed by atoms with Gasteiger partial charge in [-0.05, 0) is 36.4 Å². The number of benzene rings is 2. The summed E-state index contributed by atoms with van der Waals surface area (Å²) in [6.07, 6.45) is 2.98. The Hall–Kier alpha value is -3.48. The monoisotopic (exact) mass is 377 g/mol. The Morgan fingerprint density at radius 1 is 0.893 bits per heavy atom. The largest absolute Gasteiger partial charge is 0.368 e. The van der Waals surface area contributed by atoms with Crippen LogP contribution in [0, 0.1) is 5.82 Å². The van der Waals surface area contributed by atoms with Crippen molar-refractivity contribution in [3.63, 3.8) is 0 Å². The minimum atomic E-state index is -0.301. The normalized spacial score (nSPS) is 14.0. The number of carbonyl (C=O) groups excluding carboxylic acids is 1. The molecule has 3 aromatic rings. The molecule has 2 aromatic carbocycles. The predicted molar refractivity (Wildman–Crippen MR) is 106 cm³/mol. The lowest BCUT2D eigenvalue weighted by Gasteiger charge is -2.35. The molecule has 1 aliphatic rings. The van der Waals surface area contributed by atoms with Crippen LogP contribution in [0.4, 0.5) is 21.6 Å². The van der Waals surface area contributed by atoms with Crippen molar-refractivity contribution in [2.45, 2.75) is 0 Å². The van der Waals surface area contributed by atoms with Gasteiger partial charge in [-0.15, -0.1) is 0 Å². The topological polar surface area (TPSA) is 61.4 Å². The van der Waals surface area contributed by atoms with Gasteiger partial charge in [0.25, 0.3) is 5.91 Å². The van der Waals surface area contributed by atoms with E-state index >= 15 is 0 Å². The van der Waals surface area contributed by atoms with E-state index in [1.165, 1.54) is 30.2 Å². The molecular weight excluding hydrogens is 357 g/mol. The number of rotatable bonds is 4. The third-order valence-electron chi connectivity index (χ3n) is 4.68. The van der Waals surface area contributed by atoms with Crippen molar-refractivity contribution in [1.82, 2.24) is 14.9 Å². The second-order valence-electron chi connectivity index (χ2n) is 6.53. The standard InChI is InChI=1S/C21H20FN5O/c22-16-6-8-17(9-7-16)25-20-15-23-19(14-24-20)21(28)27-12-10-26(11-13-27)18-4-2-1-3-5-18/h1-9,14-15H,10-13H2,(H,24,25). The first-order chi connectivity index (χ1) is 13.7. The van der Waals surface area contributed by atoms with E-state index in [1.54, 1.807) is 17.0 Å². The molecule has 1 aliphatic heterocycles. The Bertz CT molecular complexity index is 923. The van der Waals surface area contributed by atoms with Crippen molar-refractivity contribution in [3.05, 3.63) is 78.5 Å². The maximum Gasteiger partial charge on any atom is 0.274 e. The first-order valence-electron chi connectivity index (χ1n) is 9.13. The van der Waals surface area contributed by atoms with Crippen molar-refractivity contribution >= 4 is 23.1 Å². The van der Waals surface area contributed by atoms with Crippen molar-refractivity contribution in [1.29, 1.82) is 0 Å². The van der Waals surface area contributed by atoms with Gasteiger partial charge in [-0.1, -0.05) is 18.2 Å². The maximum absolute atomic E-state index is 13.0. The number of nitrogens with zero attached hydrogens (tertiary/aromatic N) is 4. The Balaban J connectivity index is 1.35. The van der Waals surface area contributed by atoms with Crippen LogP contribution in [-0.4, -0.2) is 47.0 Å². The molecule has 0 aliphatic carbocycles. The summed E-state index contributed by atoms with van der Waals surface area (Å²) in [4.78, 5) is 25.3. The molecule has 1 N–H and O–H groups in total. The summed E-state index contributed by atoms with van der Waals surface area (Å²) in [5, 5.41) is 3.03. The van der Waals surface area contributed by atoms with Crippen LogP contribution in [0.25, 0.3) is 0 Å². The number of piperazine rings is 1. The highest BCUT2D eigenvalue weighted by Gasteiger charge is 2.23. The molecule has 1 fully saturated rings. The molecule has 7 heteroatoms. The molecule has 0 bridgehead atoms. The fraction of sp³-hybridized carbons (Fsp3) is 0.190. The van der Waals surface area contributed by atoms with Crippen LogP contribution in [0.5, 0.6) is 0 Å². The summed E-state index contributed by atoms with van der Waals surface area (Å²) in [5.41, 5.74) is 2.19. The van der Waals surface area contributed by atoms with Gasteiger partial charge in [0.15, 0.2) is 0 Å². The van der Waals surface area contributed by atoms with Crippen molar-refractivity contribution in [3.8, 4) is 0 Å². The minimum Gasteiger partial charge on any atom is -0.368 e. The Morgan fingerprint density at radius 3 is 2.25 bits per heavy atom. The van der Waals surface area contributed by atoms with Gasteiger partial charge in [0.2, 0.25) is 0 Å². The smallest absolute Gasteiger partial charge is 0.274 e. The summed E-state index contributed by atoms with van der Waals surface area (Å²) in [7, 11) is 0. The zero-order valence-corrected chi connectivity index (χ0v) is 15.3. The molecule has 1 saturated heterocycles. The van der Waals surface area contributed by atoms with Gasteiger partial charge in [0, 0.05) is 37.6 Å². The molecule has 6 nitrogen and oxygen atoms in total. The lowest BCUT2D eigenvalue weighted by Crippen LogP contribution is -2.49. The van der Waals surface area contributed by atoms with E-state index in [9.17, 15) is 9.18 Å². The van der Waals surface area contributed by atoms with Gasteiger partial charge in [-0.25, -0.2) is 14.4 Å². The number of halogens is 1. The van der Waals surface area contributed by atoms with E-state index in [2.05, 4.69) is 32.3 Å². The number of aromatic nitrogens is 2. The average molecular weight is 377 g/mol. The second-order valence-corrected chi connectivity index (χ2v) is 6.53.